The van der Waals surface area contributed by atoms with Gasteiger partial charge in [-0.3, -0.25) is 9.36 Å². The smallest absolute Gasteiger partial charge is 0.387 e. The summed E-state index contributed by atoms with van der Waals surface area (Å²) in [6.07, 6.45) is 4.39. The fourth-order valence-electron chi connectivity index (χ4n) is 6.90. The lowest BCUT2D eigenvalue weighted by molar-refractivity contribution is -0.161. The van der Waals surface area contributed by atoms with Crippen LogP contribution in [0.25, 0.3) is 15.2 Å². The number of hydrogen-bond acceptors (Lipinski definition) is 10. The van der Waals surface area contributed by atoms with E-state index in [-0.39, 0.29) is 53.1 Å². The molecule has 16 heteroatoms. The Hall–Kier alpha value is -4.02. The maximum atomic E-state index is 14.8. The molecule has 0 spiro atoms. The first-order valence-electron chi connectivity index (χ1n) is 16.2. The molecule has 262 valence electrons. The minimum absolute atomic E-state index is 0.0348. The molecule has 7 rings (SSSR count). The number of fused-ring (bicyclic) bond motifs is 3. The zero-order valence-corrected chi connectivity index (χ0v) is 28.2. The average molecular weight is 704 g/mol. The van der Waals surface area contributed by atoms with Crippen molar-refractivity contribution in [3.63, 3.8) is 0 Å². The maximum absolute atomic E-state index is 14.8. The lowest BCUT2D eigenvalue weighted by atomic mass is 10.0. The first kappa shape index (κ1) is 33.5. The Bertz CT molecular complexity index is 2000. The van der Waals surface area contributed by atoms with Gasteiger partial charge in [-0.15, -0.1) is 4.80 Å². The molecule has 0 amide bonds. The van der Waals surface area contributed by atoms with Gasteiger partial charge in [0, 0.05) is 11.1 Å². The predicted molar refractivity (Wildman–Crippen MR) is 171 cm³/mol. The number of aryl methyl sites for hydroxylation is 1. The lowest BCUT2D eigenvalue weighted by Gasteiger charge is -2.32. The Labute approximate surface area is 282 Å². The zero-order chi connectivity index (χ0) is 34.8. The van der Waals surface area contributed by atoms with Crippen LogP contribution in [0.1, 0.15) is 76.5 Å². The van der Waals surface area contributed by atoms with Gasteiger partial charge < -0.3 is 18.9 Å². The molecule has 49 heavy (non-hydrogen) atoms. The van der Waals surface area contributed by atoms with Crippen LogP contribution < -0.4 is 16.0 Å². The monoisotopic (exact) mass is 703 g/mol. The van der Waals surface area contributed by atoms with E-state index in [0.717, 1.165) is 46.9 Å². The van der Waals surface area contributed by atoms with Gasteiger partial charge in [0.15, 0.2) is 5.54 Å². The van der Waals surface area contributed by atoms with Crippen molar-refractivity contribution in [2.24, 2.45) is 0 Å². The molecule has 0 unspecified atom stereocenters. The van der Waals surface area contributed by atoms with E-state index in [1.54, 1.807) is 27.7 Å². The van der Waals surface area contributed by atoms with Gasteiger partial charge in [0.05, 0.1) is 42.6 Å². The van der Waals surface area contributed by atoms with Crippen molar-refractivity contribution in [2.45, 2.75) is 115 Å². The summed E-state index contributed by atoms with van der Waals surface area (Å²) in [5.41, 5.74) is -3.51. The number of carbonyl (C=O) groups excluding carboxylic acids is 1. The van der Waals surface area contributed by atoms with E-state index in [0.29, 0.717) is 23.4 Å². The predicted octanol–water partition coefficient (Wildman–Crippen LogP) is 5.15. The molecule has 1 saturated carbocycles. The number of carbonyl (C=O) groups is 1. The molecule has 3 aliphatic rings. The van der Waals surface area contributed by atoms with Crippen LogP contribution in [0.5, 0.6) is 5.75 Å². The molecule has 2 aliphatic heterocycles. The molecule has 1 aliphatic carbocycles. The van der Waals surface area contributed by atoms with Crippen LogP contribution in [0, 0.1) is 12.7 Å². The first-order valence-corrected chi connectivity index (χ1v) is 17.0. The van der Waals surface area contributed by atoms with Crippen molar-refractivity contribution in [1.29, 1.82) is 0 Å². The standard InChI is InChI=1S/C33H36F3N5O7S/c1-17-25-26(42)40(33(9-10-33)29(43)48-32(2,3)4)31(44)39(28(25)49-27(17)41-37-11-12-38-41)16-24(46-21-14-19-6-7-20(15-21)45-19)22-13-18(34)5-8-23(22)47-30(35)36/h5,8,11-13,19-21,24,30H,6-7,9-10,14-16H2,1-4H3/t19-,20+,21-,24-/m0/s1. The van der Waals surface area contributed by atoms with Crippen LogP contribution in [-0.2, 0) is 31.1 Å². The van der Waals surface area contributed by atoms with Crippen LogP contribution in [0.4, 0.5) is 13.2 Å². The summed E-state index contributed by atoms with van der Waals surface area (Å²) in [5.74, 6) is -1.75. The van der Waals surface area contributed by atoms with Crippen molar-refractivity contribution in [3.8, 4) is 10.8 Å². The summed E-state index contributed by atoms with van der Waals surface area (Å²) < 4.78 is 67.4. The zero-order valence-electron chi connectivity index (χ0n) is 27.4. The Morgan fingerprint density at radius 2 is 1.80 bits per heavy atom. The van der Waals surface area contributed by atoms with Crippen LogP contribution in [0.15, 0.2) is 40.2 Å². The van der Waals surface area contributed by atoms with Gasteiger partial charge in [0.1, 0.15) is 33.1 Å². The highest BCUT2D eigenvalue weighted by Crippen LogP contribution is 2.45. The van der Waals surface area contributed by atoms with E-state index in [4.69, 9.17) is 18.9 Å². The highest BCUT2D eigenvalue weighted by atomic mass is 32.1. The molecule has 2 saturated heterocycles. The molecular formula is C33H36F3N5O7S. The van der Waals surface area contributed by atoms with Gasteiger partial charge in [0.2, 0.25) is 0 Å². The molecule has 2 bridgehead atoms. The maximum Gasteiger partial charge on any atom is 0.387 e. The van der Waals surface area contributed by atoms with E-state index in [1.807, 2.05) is 0 Å². The molecule has 12 nitrogen and oxygen atoms in total. The van der Waals surface area contributed by atoms with Crippen molar-refractivity contribution in [3.05, 3.63) is 68.4 Å². The van der Waals surface area contributed by atoms with Crippen molar-refractivity contribution < 1.29 is 36.9 Å². The highest BCUT2D eigenvalue weighted by Gasteiger charge is 2.56. The van der Waals surface area contributed by atoms with Gasteiger partial charge in [-0.05, 0) is 84.4 Å². The average Bonchev–Trinajstić information content (AvgIpc) is 3.30. The van der Waals surface area contributed by atoms with Gasteiger partial charge in [0.25, 0.3) is 5.56 Å². The minimum Gasteiger partial charge on any atom is -0.458 e. The van der Waals surface area contributed by atoms with Crippen LogP contribution in [0.3, 0.4) is 0 Å². The first-order chi connectivity index (χ1) is 23.2. The third-order valence-electron chi connectivity index (χ3n) is 9.21. The number of benzene rings is 1. The van der Waals surface area contributed by atoms with E-state index < -0.39 is 53.0 Å². The minimum atomic E-state index is -3.22. The van der Waals surface area contributed by atoms with Gasteiger partial charge in [-0.2, -0.15) is 19.0 Å². The second kappa shape index (κ2) is 12.4. The molecule has 1 aromatic carbocycles. The summed E-state index contributed by atoms with van der Waals surface area (Å²) in [6.45, 7) is 3.23. The largest absolute Gasteiger partial charge is 0.458 e. The number of alkyl halides is 2. The number of hydrogen-bond donors (Lipinski definition) is 0. The van der Waals surface area contributed by atoms with E-state index in [2.05, 4.69) is 10.2 Å². The number of ether oxygens (including phenoxy) is 4. The quantitative estimate of drug-likeness (QED) is 0.206. The fraction of sp³-hybridized carbons (Fsp3) is 0.545. The second-order valence-corrected chi connectivity index (χ2v) is 14.8. The van der Waals surface area contributed by atoms with Crippen molar-refractivity contribution in [2.75, 3.05) is 0 Å². The molecule has 4 atom stereocenters. The van der Waals surface area contributed by atoms with E-state index in [1.165, 1.54) is 21.8 Å². The van der Waals surface area contributed by atoms with Crippen LogP contribution in [0.2, 0.25) is 0 Å². The van der Waals surface area contributed by atoms with Crippen molar-refractivity contribution >= 4 is 27.5 Å². The molecule has 4 aromatic rings. The Balaban J connectivity index is 1.42. The summed E-state index contributed by atoms with van der Waals surface area (Å²) in [5, 5.41) is 9.03. The summed E-state index contributed by atoms with van der Waals surface area (Å²) in [4.78, 5) is 44.2. The van der Waals surface area contributed by atoms with Gasteiger partial charge >= 0.3 is 18.3 Å². The van der Waals surface area contributed by atoms with Gasteiger partial charge in [-0.25, -0.2) is 18.5 Å². The number of aromatic nitrogens is 5. The van der Waals surface area contributed by atoms with Crippen LogP contribution in [-0.4, -0.2) is 60.6 Å². The number of thiophene rings is 1. The normalized spacial score (nSPS) is 22.1. The fourth-order valence-corrected chi connectivity index (χ4v) is 8.12. The Kier molecular flexibility index (Phi) is 8.46. The highest BCUT2D eigenvalue weighted by molar-refractivity contribution is 7.21. The van der Waals surface area contributed by atoms with Crippen molar-refractivity contribution in [1.82, 2.24) is 24.1 Å². The molecule has 5 heterocycles. The molecule has 3 aromatic heterocycles. The summed E-state index contributed by atoms with van der Waals surface area (Å²) in [7, 11) is 0. The third-order valence-corrected chi connectivity index (χ3v) is 10.5. The van der Waals surface area contributed by atoms with Crippen LogP contribution >= 0.6 is 11.3 Å². The summed E-state index contributed by atoms with van der Waals surface area (Å²) >= 11 is 1.08. The Morgan fingerprint density at radius 3 is 2.41 bits per heavy atom. The third kappa shape index (κ3) is 6.29. The SMILES string of the molecule is Cc1c(-n2nccn2)sc2c1c(=O)n(C1(C(=O)OC(C)(C)C)CC1)c(=O)n2C[C@H](O[C@@H]1C[C@H]2CC[C@@H](C1)O2)c1cc(F)ccc1OC(F)F. The number of rotatable bonds is 10. The molecule has 0 N–H and O–H groups in total. The second-order valence-electron chi connectivity index (χ2n) is 13.8. The van der Waals surface area contributed by atoms with E-state index >= 15 is 0 Å². The molecule has 3 fully saturated rings. The topological polar surface area (TPSA) is 129 Å². The summed E-state index contributed by atoms with van der Waals surface area (Å²) in [6, 6.07) is 3.15. The number of esters is 1. The molecule has 0 radical (unpaired) electrons. The van der Waals surface area contributed by atoms with E-state index in [9.17, 15) is 27.6 Å². The lowest BCUT2D eigenvalue weighted by Crippen LogP contribution is -2.50. The number of nitrogens with zero attached hydrogens (tertiary/aromatic N) is 5. The Morgan fingerprint density at radius 1 is 1.12 bits per heavy atom. The van der Waals surface area contributed by atoms with Gasteiger partial charge in [-0.1, -0.05) is 11.3 Å². The molecular weight excluding hydrogens is 667 g/mol. The number of halogens is 3.